The van der Waals surface area contributed by atoms with Gasteiger partial charge in [0.15, 0.2) is 0 Å². The fourth-order valence-electron chi connectivity index (χ4n) is 1.80. The topological polar surface area (TPSA) is 104 Å². The number of nitrogens with two attached hydrogens (primary N) is 1. The van der Waals surface area contributed by atoms with Gasteiger partial charge in [-0.3, -0.25) is 0 Å². The summed E-state index contributed by atoms with van der Waals surface area (Å²) in [7, 11) is 0. The molecule has 0 aromatic carbocycles. The van der Waals surface area contributed by atoms with Crippen LogP contribution in [0.3, 0.4) is 0 Å². The van der Waals surface area contributed by atoms with Crippen LogP contribution in [0, 0.1) is 0 Å². The number of rotatable bonds is 2. The number of anilines is 2. The third-order valence-corrected chi connectivity index (χ3v) is 2.51. The molecule has 1 aliphatic heterocycles. The van der Waals surface area contributed by atoms with Gasteiger partial charge in [-0.05, 0) is 6.42 Å². The first-order valence-electron chi connectivity index (χ1n) is 4.97. The molecule has 0 saturated carbocycles. The summed E-state index contributed by atoms with van der Waals surface area (Å²) in [4.78, 5) is 20.4. The highest BCUT2D eigenvalue weighted by molar-refractivity contribution is 5.65. The van der Waals surface area contributed by atoms with E-state index in [0.717, 1.165) is 18.8 Å². The third kappa shape index (κ3) is 2.30. The van der Waals surface area contributed by atoms with E-state index >= 15 is 0 Å². The van der Waals surface area contributed by atoms with Gasteiger partial charge in [-0.1, -0.05) is 0 Å². The van der Waals surface area contributed by atoms with Crippen LogP contribution in [0.4, 0.5) is 16.4 Å². The van der Waals surface area contributed by atoms with E-state index < -0.39 is 6.09 Å². The predicted molar refractivity (Wildman–Crippen MR) is 58.2 cm³/mol. The maximum Gasteiger partial charge on any atom is 0.404 e. The molecule has 1 atom stereocenters. The van der Waals surface area contributed by atoms with E-state index in [1.807, 2.05) is 4.90 Å². The second kappa shape index (κ2) is 4.21. The number of hydrogen-bond acceptors (Lipinski definition) is 5. The third-order valence-electron chi connectivity index (χ3n) is 2.51. The van der Waals surface area contributed by atoms with Gasteiger partial charge in [0.25, 0.3) is 0 Å². The summed E-state index contributed by atoms with van der Waals surface area (Å²) in [6.07, 6.45) is 1.19. The Labute approximate surface area is 92.3 Å². The zero-order valence-corrected chi connectivity index (χ0v) is 8.63. The highest BCUT2D eigenvalue weighted by Crippen LogP contribution is 2.18. The van der Waals surface area contributed by atoms with Crippen molar-refractivity contribution in [1.82, 2.24) is 15.3 Å². The Morgan fingerprint density at radius 3 is 3.12 bits per heavy atom. The van der Waals surface area contributed by atoms with Crippen molar-refractivity contribution in [1.29, 1.82) is 0 Å². The number of nitrogen functional groups attached to an aromatic ring is 1. The molecule has 1 aromatic heterocycles. The van der Waals surface area contributed by atoms with Crippen molar-refractivity contribution < 1.29 is 9.90 Å². The Balaban J connectivity index is 2.00. The van der Waals surface area contributed by atoms with Crippen molar-refractivity contribution in [2.45, 2.75) is 12.5 Å². The Bertz CT molecular complexity index is 397. The quantitative estimate of drug-likeness (QED) is 0.647. The molecule has 1 fully saturated rings. The molecule has 2 heterocycles. The molecule has 0 bridgehead atoms. The number of carbonyl (C=O) groups is 1. The molecule has 2 rings (SSSR count). The van der Waals surface area contributed by atoms with Gasteiger partial charge in [-0.2, -0.15) is 0 Å². The summed E-state index contributed by atoms with van der Waals surface area (Å²) < 4.78 is 0. The minimum absolute atomic E-state index is 0.0475. The van der Waals surface area contributed by atoms with Crippen LogP contribution < -0.4 is 16.0 Å². The van der Waals surface area contributed by atoms with Crippen LogP contribution in [-0.2, 0) is 0 Å². The van der Waals surface area contributed by atoms with Crippen molar-refractivity contribution >= 4 is 17.7 Å². The molecule has 1 saturated heterocycles. The normalized spacial score (nSPS) is 19.8. The molecule has 1 amide bonds. The number of amides is 1. The van der Waals surface area contributed by atoms with Crippen LogP contribution >= 0.6 is 0 Å². The molecule has 0 spiro atoms. The van der Waals surface area contributed by atoms with Crippen LogP contribution in [-0.4, -0.2) is 40.3 Å². The Kier molecular flexibility index (Phi) is 2.76. The number of aromatic nitrogens is 2. The van der Waals surface area contributed by atoms with Gasteiger partial charge < -0.3 is 21.1 Å². The fourth-order valence-corrected chi connectivity index (χ4v) is 1.80. The zero-order chi connectivity index (χ0) is 11.5. The SMILES string of the molecule is Nc1cc(N2CCC(NC(=O)O)C2)ncn1. The first-order valence-corrected chi connectivity index (χ1v) is 4.97. The van der Waals surface area contributed by atoms with E-state index in [9.17, 15) is 4.79 Å². The first kappa shape index (κ1) is 10.5. The Hall–Kier alpha value is -2.05. The van der Waals surface area contributed by atoms with Gasteiger partial charge in [0.2, 0.25) is 0 Å². The zero-order valence-electron chi connectivity index (χ0n) is 8.63. The molecule has 0 aliphatic carbocycles. The summed E-state index contributed by atoms with van der Waals surface area (Å²) in [5.41, 5.74) is 5.55. The second-order valence-electron chi connectivity index (χ2n) is 3.68. The minimum Gasteiger partial charge on any atom is -0.465 e. The van der Waals surface area contributed by atoms with Gasteiger partial charge in [0.05, 0.1) is 6.04 Å². The van der Waals surface area contributed by atoms with Gasteiger partial charge in [-0.15, -0.1) is 0 Å². The van der Waals surface area contributed by atoms with E-state index in [1.165, 1.54) is 6.33 Å². The average Bonchev–Trinajstić information content (AvgIpc) is 2.65. The van der Waals surface area contributed by atoms with Gasteiger partial charge in [0.1, 0.15) is 18.0 Å². The van der Waals surface area contributed by atoms with E-state index in [0.29, 0.717) is 12.4 Å². The summed E-state index contributed by atoms with van der Waals surface area (Å²) in [5.74, 6) is 1.15. The number of nitrogens with one attached hydrogen (secondary N) is 1. The average molecular weight is 223 g/mol. The molecule has 86 valence electrons. The highest BCUT2D eigenvalue weighted by Gasteiger charge is 2.24. The summed E-state index contributed by atoms with van der Waals surface area (Å²) in [6.45, 7) is 1.38. The number of carboxylic acid groups (broad SMARTS) is 1. The number of hydrogen-bond donors (Lipinski definition) is 3. The lowest BCUT2D eigenvalue weighted by Gasteiger charge is -2.17. The van der Waals surface area contributed by atoms with Crippen molar-refractivity contribution in [3.8, 4) is 0 Å². The van der Waals surface area contributed by atoms with Crippen molar-refractivity contribution in [2.24, 2.45) is 0 Å². The van der Waals surface area contributed by atoms with E-state index in [1.54, 1.807) is 6.07 Å². The largest absolute Gasteiger partial charge is 0.465 e. The smallest absolute Gasteiger partial charge is 0.404 e. The maximum absolute atomic E-state index is 10.5. The summed E-state index contributed by atoms with van der Waals surface area (Å²) in [6, 6.07) is 1.64. The lowest BCUT2D eigenvalue weighted by atomic mass is 10.3. The summed E-state index contributed by atoms with van der Waals surface area (Å²) >= 11 is 0. The maximum atomic E-state index is 10.5. The second-order valence-corrected chi connectivity index (χ2v) is 3.68. The van der Waals surface area contributed by atoms with Crippen LogP contribution in [0.1, 0.15) is 6.42 Å². The Morgan fingerprint density at radius 2 is 2.44 bits per heavy atom. The van der Waals surface area contributed by atoms with Gasteiger partial charge >= 0.3 is 6.09 Å². The van der Waals surface area contributed by atoms with Crippen molar-refractivity contribution in [2.75, 3.05) is 23.7 Å². The number of nitrogens with zero attached hydrogens (tertiary/aromatic N) is 3. The molecule has 7 nitrogen and oxygen atoms in total. The first-order chi connectivity index (χ1) is 7.65. The molecule has 1 unspecified atom stereocenters. The van der Waals surface area contributed by atoms with Gasteiger partial charge in [-0.25, -0.2) is 14.8 Å². The van der Waals surface area contributed by atoms with Crippen LogP contribution in [0.25, 0.3) is 0 Å². The molecular formula is C9H13N5O2. The Morgan fingerprint density at radius 1 is 1.62 bits per heavy atom. The van der Waals surface area contributed by atoms with Crippen LogP contribution in [0.2, 0.25) is 0 Å². The summed E-state index contributed by atoms with van der Waals surface area (Å²) in [5, 5.41) is 11.1. The predicted octanol–water partition coefficient (Wildman–Crippen LogP) is -0.0949. The molecule has 1 aliphatic rings. The monoisotopic (exact) mass is 223 g/mol. The van der Waals surface area contributed by atoms with E-state index in [4.69, 9.17) is 10.8 Å². The van der Waals surface area contributed by atoms with Crippen molar-refractivity contribution in [3.63, 3.8) is 0 Å². The minimum atomic E-state index is -0.992. The van der Waals surface area contributed by atoms with Crippen LogP contribution in [0.5, 0.6) is 0 Å². The molecule has 1 aromatic rings. The fraction of sp³-hybridized carbons (Fsp3) is 0.444. The lowest BCUT2D eigenvalue weighted by molar-refractivity contribution is 0.191. The van der Waals surface area contributed by atoms with E-state index in [2.05, 4.69) is 15.3 Å². The van der Waals surface area contributed by atoms with Gasteiger partial charge in [0, 0.05) is 19.2 Å². The molecule has 4 N–H and O–H groups in total. The van der Waals surface area contributed by atoms with E-state index in [-0.39, 0.29) is 6.04 Å². The molecule has 7 heteroatoms. The standard InChI is InChI=1S/C9H13N5O2/c10-7-3-8(12-5-11-7)14-2-1-6(4-14)13-9(15)16/h3,5-6,13H,1-2,4H2,(H,15,16)(H2,10,11,12). The van der Waals surface area contributed by atoms with Crippen LogP contribution in [0.15, 0.2) is 12.4 Å². The molecule has 0 radical (unpaired) electrons. The van der Waals surface area contributed by atoms with Crippen molar-refractivity contribution in [3.05, 3.63) is 12.4 Å². The molecule has 16 heavy (non-hydrogen) atoms. The highest BCUT2D eigenvalue weighted by atomic mass is 16.4. The molecular weight excluding hydrogens is 210 g/mol. The lowest BCUT2D eigenvalue weighted by Crippen LogP contribution is -2.36.